The fraction of sp³-hybridized carbons (Fsp3) is 0.478. The zero-order chi connectivity index (χ0) is 22.7. The molecule has 0 atom stereocenters. The Balaban J connectivity index is 1.44. The maximum absolute atomic E-state index is 13.0. The Labute approximate surface area is 189 Å². The molecule has 172 valence electrons. The number of esters is 1. The quantitative estimate of drug-likeness (QED) is 0.619. The van der Waals surface area contributed by atoms with Gasteiger partial charge in [0.2, 0.25) is 10.0 Å². The van der Waals surface area contributed by atoms with Gasteiger partial charge in [-0.15, -0.1) is 0 Å². The molecule has 1 fully saturated rings. The lowest BCUT2D eigenvalue weighted by molar-refractivity contribution is -0.138. The molecule has 0 radical (unpaired) electrons. The normalized spacial score (nSPS) is 19.0. The van der Waals surface area contributed by atoms with Crippen molar-refractivity contribution in [2.45, 2.75) is 37.1 Å². The number of sulfonamides is 1. The van der Waals surface area contributed by atoms with Crippen LogP contribution in [0.15, 0.2) is 53.2 Å². The van der Waals surface area contributed by atoms with Crippen molar-refractivity contribution >= 4 is 16.0 Å². The minimum absolute atomic E-state index is 0.168. The van der Waals surface area contributed by atoms with Gasteiger partial charge in [0.1, 0.15) is 0 Å². The summed E-state index contributed by atoms with van der Waals surface area (Å²) in [4.78, 5) is 14.4. The van der Waals surface area contributed by atoms with Gasteiger partial charge in [0.15, 0.2) is 0 Å². The van der Waals surface area contributed by atoms with Crippen molar-refractivity contribution in [2.75, 3.05) is 39.8 Å². The highest BCUT2D eigenvalue weighted by molar-refractivity contribution is 7.89. The van der Waals surface area contributed by atoms with E-state index >= 15 is 0 Å². The van der Waals surface area contributed by atoms with E-state index in [1.54, 1.807) is 25.1 Å². The molecule has 8 nitrogen and oxygen atoms in total. The monoisotopic (exact) mass is 458 g/mol. The number of carbonyl (C=O) groups is 1. The third-order valence-corrected chi connectivity index (χ3v) is 8.08. The second-order valence-corrected chi connectivity index (χ2v) is 10.3. The highest BCUT2D eigenvalue weighted by Gasteiger charge is 2.28. The summed E-state index contributed by atoms with van der Waals surface area (Å²) < 4.78 is 34.5. The smallest absolute Gasteiger partial charge is 0.333 e. The summed E-state index contributed by atoms with van der Waals surface area (Å²) in [6.07, 6.45) is 8.05. The first-order valence-electron chi connectivity index (χ1n) is 11.1. The SMILES string of the molecule is CCOC(=O)C1=CCN(S(=O)(=O)c2ccc(-c3cnn(C4CCN(C)CC4)c3)cc2)CC1. The van der Waals surface area contributed by atoms with E-state index in [1.807, 2.05) is 29.2 Å². The molecular formula is C23H30N4O4S. The van der Waals surface area contributed by atoms with Gasteiger partial charge >= 0.3 is 5.97 Å². The average molecular weight is 459 g/mol. The minimum Gasteiger partial charge on any atom is -0.463 e. The number of carbonyl (C=O) groups excluding carboxylic acids is 1. The van der Waals surface area contributed by atoms with E-state index in [1.165, 1.54) is 4.31 Å². The number of rotatable bonds is 6. The first-order chi connectivity index (χ1) is 15.4. The van der Waals surface area contributed by atoms with Crippen molar-refractivity contribution in [3.63, 3.8) is 0 Å². The molecule has 2 aliphatic rings. The molecule has 0 saturated carbocycles. The topological polar surface area (TPSA) is 84.7 Å². The van der Waals surface area contributed by atoms with E-state index in [2.05, 4.69) is 17.0 Å². The highest BCUT2D eigenvalue weighted by atomic mass is 32.2. The largest absolute Gasteiger partial charge is 0.463 e. The molecule has 1 saturated heterocycles. The maximum Gasteiger partial charge on any atom is 0.333 e. The molecule has 4 rings (SSSR count). The summed E-state index contributed by atoms with van der Waals surface area (Å²) in [6, 6.07) is 7.34. The predicted molar refractivity (Wildman–Crippen MR) is 122 cm³/mol. The summed E-state index contributed by atoms with van der Waals surface area (Å²) >= 11 is 0. The van der Waals surface area contributed by atoms with Crippen LogP contribution in [0.25, 0.3) is 11.1 Å². The van der Waals surface area contributed by atoms with Crippen LogP contribution in [0.1, 0.15) is 32.2 Å². The van der Waals surface area contributed by atoms with E-state index in [0.717, 1.165) is 37.1 Å². The average Bonchev–Trinajstić information content (AvgIpc) is 3.30. The molecule has 0 unspecified atom stereocenters. The fourth-order valence-electron chi connectivity index (χ4n) is 4.19. The standard InChI is InChI=1S/C23H30N4O4S/c1-3-31-23(28)19-8-14-26(15-9-19)32(29,30)22-6-4-18(5-7-22)20-16-24-27(17-20)21-10-12-25(2)13-11-21/h4-8,16-17,21H,3,9-15H2,1-2H3. The molecule has 9 heteroatoms. The van der Waals surface area contributed by atoms with Gasteiger partial charge in [-0.3, -0.25) is 4.68 Å². The van der Waals surface area contributed by atoms with Crippen molar-refractivity contribution in [2.24, 2.45) is 0 Å². The van der Waals surface area contributed by atoms with Gasteiger partial charge in [-0.05, 0) is 64.0 Å². The number of hydrogen-bond donors (Lipinski definition) is 0. The van der Waals surface area contributed by atoms with Crippen LogP contribution in [0.5, 0.6) is 0 Å². The fourth-order valence-corrected chi connectivity index (χ4v) is 5.57. The van der Waals surface area contributed by atoms with Crippen molar-refractivity contribution in [1.82, 2.24) is 19.0 Å². The number of nitrogens with zero attached hydrogens (tertiary/aromatic N) is 4. The maximum atomic E-state index is 13.0. The number of likely N-dealkylation sites (tertiary alicyclic amines) is 1. The lowest BCUT2D eigenvalue weighted by Gasteiger charge is -2.28. The van der Waals surface area contributed by atoms with Crippen molar-refractivity contribution < 1.29 is 17.9 Å². The van der Waals surface area contributed by atoms with E-state index in [-0.39, 0.29) is 24.0 Å². The van der Waals surface area contributed by atoms with Crippen LogP contribution in [0, 0.1) is 0 Å². The molecule has 0 bridgehead atoms. The van der Waals surface area contributed by atoms with Gasteiger partial charge in [-0.25, -0.2) is 13.2 Å². The van der Waals surface area contributed by atoms with Gasteiger partial charge < -0.3 is 9.64 Å². The summed E-state index contributed by atoms with van der Waals surface area (Å²) in [6.45, 7) is 4.63. The second kappa shape index (κ2) is 9.56. The van der Waals surface area contributed by atoms with Crippen LogP contribution in [0.3, 0.4) is 0 Å². The van der Waals surface area contributed by atoms with Crippen LogP contribution < -0.4 is 0 Å². The summed E-state index contributed by atoms with van der Waals surface area (Å²) in [5.74, 6) is -0.366. The number of hydrogen-bond acceptors (Lipinski definition) is 6. The van der Waals surface area contributed by atoms with Gasteiger partial charge in [0, 0.05) is 30.4 Å². The highest BCUT2D eigenvalue weighted by Crippen LogP contribution is 2.27. The molecule has 1 aromatic carbocycles. The minimum atomic E-state index is -3.63. The molecule has 0 N–H and O–H groups in total. The number of ether oxygens (including phenoxy) is 1. The van der Waals surface area contributed by atoms with Crippen molar-refractivity contribution in [3.05, 3.63) is 48.3 Å². The molecule has 1 aromatic heterocycles. The van der Waals surface area contributed by atoms with Gasteiger partial charge in [0.25, 0.3) is 0 Å². The second-order valence-electron chi connectivity index (χ2n) is 8.33. The lowest BCUT2D eigenvalue weighted by Crippen LogP contribution is -2.36. The molecule has 0 aliphatic carbocycles. The molecule has 0 amide bonds. The number of piperidine rings is 1. The summed E-state index contributed by atoms with van der Waals surface area (Å²) in [7, 11) is -1.49. The number of benzene rings is 1. The van der Waals surface area contributed by atoms with E-state index in [9.17, 15) is 13.2 Å². The van der Waals surface area contributed by atoms with E-state index in [4.69, 9.17) is 4.74 Å². The predicted octanol–water partition coefficient (Wildman–Crippen LogP) is 2.70. The van der Waals surface area contributed by atoms with Gasteiger partial charge in [0.05, 0.1) is 23.7 Å². The lowest BCUT2D eigenvalue weighted by atomic mass is 10.1. The van der Waals surface area contributed by atoms with E-state index in [0.29, 0.717) is 24.6 Å². The van der Waals surface area contributed by atoms with Crippen LogP contribution in [-0.4, -0.2) is 73.2 Å². The molecule has 2 aliphatic heterocycles. The Morgan fingerprint density at radius 1 is 1.12 bits per heavy atom. The first kappa shape index (κ1) is 22.7. The Bertz CT molecular complexity index is 1080. The summed E-state index contributed by atoms with van der Waals surface area (Å²) in [5, 5.41) is 4.55. The van der Waals surface area contributed by atoms with Crippen LogP contribution >= 0.6 is 0 Å². The molecule has 0 spiro atoms. The first-order valence-corrected chi connectivity index (χ1v) is 12.5. The van der Waals surface area contributed by atoms with Crippen molar-refractivity contribution in [3.8, 4) is 11.1 Å². The third kappa shape index (κ3) is 4.79. The number of aromatic nitrogens is 2. The van der Waals surface area contributed by atoms with Gasteiger partial charge in [-0.1, -0.05) is 18.2 Å². The summed E-state index contributed by atoms with van der Waals surface area (Å²) in [5.41, 5.74) is 2.45. The molecule has 3 heterocycles. The molecule has 2 aromatic rings. The third-order valence-electron chi connectivity index (χ3n) is 6.20. The molecular weight excluding hydrogens is 428 g/mol. The Morgan fingerprint density at radius 3 is 2.47 bits per heavy atom. The molecule has 32 heavy (non-hydrogen) atoms. The van der Waals surface area contributed by atoms with Crippen LogP contribution in [0.2, 0.25) is 0 Å². The Morgan fingerprint density at radius 2 is 1.84 bits per heavy atom. The Kier molecular flexibility index (Phi) is 6.78. The Hall–Kier alpha value is -2.49. The zero-order valence-electron chi connectivity index (χ0n) is 18.6. The zero-order valence-corrected chi connectivity index (χ0v) is 19.4. The van der Waals surface area contributed by atoms with E-state index < -0.39 is 10.0 Å². The van der Waals surface area contributed by atoms with Crippen LogP contribution in [-0.2, 0) is 19.6 Å². The van der Waals surface area contributed by atoms with Crippen molar-refractivity contribution in [1.29, 1.82) is 0 Å². The van der Waals surface area contributed by atoms with Gasteiger partial charge in [-0.2, -0.15) is 9.40 Å². The van der Waals surface area contributed by atoms with Crippen LogP contribution in [0.4, 0.5) is 0 Å².